The van der Waals surface area contributed by atoms with Gasteiger partial charge in [0.05, 0.1) is 4.92 Å². The Morgan fingerprint density at radius 3 is 2.48 bits per heavy atom. The highest BCUT2D eigenvalue weighted by molar-refractivity contribution is 5.97. The van der Waals surface area contributed by atoms with Gasteiger partial charge in [0, 0.05) is 17.2 Å². The summed E-state index contributed by atoms with van der Waals surface area (Å²) >= 11 is 0. The van der Waals surface area contributed by atoms with Gasteiger partial charge in [0.2, 0.25) is 0 Å². The number of carboxylic acid groups (broad SMARTS) is 1. The highest BCUT2D eigenvalue weighted by Gasteiger charge is 2.26. The molecular weight excluding hydrogens is 276 g/mol. The Morgan fingerprint density at radius 1 is 1.43 bits per heavy atom. The highest BCUT2D eigenvalue weighted by Crippen LogP contribution is 2.19. The lowest BCUT2D eigenvalue weighted by molar-refractivity contribution is -0.385. The summed E-state index contributed by atoms with van der Waals surface area (Å²) in [5, 5.41) is 22.3. The number of carboxylic acids is 1. The third-order valence-electron chi connectivity index (χ3n) is 3.42. The molecule has 0 aliphatic carbocycles. The Labute approximate surface area is 122 Å². The molecular formula is C14H18N2O5. The third-order valence-corrected chi connectivity index (χ3v) is 3.42. The molecule has 7 heteroatoms. The van der Waals surface area contributed by atoms with Crippen molar-refractivity contribution in [2.24, 2.45) is 5.92 Å². The Hall–Kier alpha value is -2.44. The maximum absolute atomic E-state index is 12.1. The zero-order valence-electron chi connectivity index (χ0n) is 12.1. The Bertz CT molecular complexity index is 570. The van der Waals surface area contributed by atoms with E-state index in [1.54, 1.807) is 6.92 Å². The second-order valence-electron chi connectivity index (χ2n) is 4.93. The van der Waals surface area contributed by atoms with Gasteiger partial charge in [0.25, 0.3) is 11.6 Å². The molecule has 0 spiro atoms. The predicted octanol–water partition coefficient (Wildman–Crippen LogP) is 2.13. The standard InChI is InChI=1S/C14H18N2O5/c1-4-8(2)12(14(18)19)15-13(17)10-5-6-11(16(20)21)9(3)7-10/h5-8,12H,4H2,1-3H3,(H,15,17)(H,18,19)/t8-,12-/m0/s1. The van der Waals surface area contributed by atoms with Gasteiger partial charge in [-0.15, -0.1) is 0 Å². The molecule has 2 N–H and O–H groups in total. The number of nitrogens with zero attached hydrogens (tertiary/aromatic N) is 1. The average molecular weight is 294 g/mol. The second-order valence-corrected chi connectivity index (χ2v) is 4.93. The third kappa shape index (κ3) is 4.01. The van der Waals surface area contributed by atoms with Crippen LogP contribution in [0.5, 0.6) is 0 Å². The molecule has 0 unspecified atom stereocenters. The molecule has 0 saturated heterocycles. The van der Waals surface area contributed by atoms with Crippen molar-refractivity contribution >= 4 is 17.6 Å². The number of benzene rings is 1. The number of aliphatic carboxylic acids is 1. The molecule has 1 aromatic rings. The topological polar surface area (TPSA) is 110 Å². The summed E-state index contributed by atoms with van der Waals surface area (Å²) < 4.78 is 0. The van der Waals surface area contributed by atoms with Crippen LogP contribution in [0.1, 0.15) is 36.2 Å². The molecule has 0 aliphatic heterocycles. The molecule has 114 valence electrons. The first-order valence-corrected chi connectivity index (χ1v) is 6.56. The van der Waals surface area contributed by atoms with Gasteiger partial charge in [-0.3, -0.25) is 14.9 Å². The zero-order chi connectivity index (χ0) is 16.2. The lowest BCUT2D eigenvalue weighted by atomic mass is 9.98. The van der Waals surface area contributed by atoms with Crippen LogP contribution in [-0.2, 0) is 4.79 Å². The molecule has 0 radical (unpaired) electrons. The van der Waals surface area contributed by atoms with Crippen LogP contribution < -0.4 is 5.32 Å². The Kier molecular flexibility index (Phi) is 5.40. The maximum Gasteiger partial charge on any atom is 0.326 e. The van der Waals surface area contributed by atoms with Gasteiger partial charge in [-0.1, -0.05) is 20.3 Å². The summed E-state index contributed by atoms with van der Waals surface area (Å²) in [6, 6.07) is 2.94. The largest absolute Gasteiger partial charge is 0.480 e. The lowest BCUT2D eigenvalue weighted by Gasteiger charge is -2.20. The fraction of sp³-hybridized carbons (Fsp3) is 0.429. The average Bonchev–Trinajstić information content (AvgIpc) is 2.42. The number of carbonyl (C=O) groups is 2. The van der Waals surface area contributed by atoms with Crippen LogP contribution in [0.25, 0.3) is 0 Å². The van der Waals surface area contributed by atoms with Gasteiger partial charge < -0.3 is 10.4 Å². The number of carbonyl (C=O) groups excluding carboxylic acids is 1. The number of hydrogen-bond acceptors (Lipinski definition) is 4. The number of aryl methyl sites for hydroxylation is 1. The van der Waals surface area contributed by atoms with E-state index in [0.717, 1.165) is 0 Å². The molecule has 0 heterocycles. The maximum atomic E-state index is 12.1. The molecule has 0 saturated carbocycles. The number of nitro groups is 1. The van der Waals surface area contributed by atoms with Gasteiger partial charge in [-0.05, 0) is 25.0 Å². The van der Waals surface area contributed by atoms with Crippen molar-refractivity contribution in [3.8, 4) is 0 Å². The minimum Gasteiger partial charge on any atom is -0.480 e. The van der Waals surface area contributed by atoms with Crippen LogP contribution in [0.4, 0.5) is 5.69 Å². The van der Waals surface area contributed by atoms with Crippen molar-refractivity contribution in [3.63, 3.8) is 0 Å². The predicted molar refractivity (Wildman–Crippen MR) is 76.2 cm³/mol. The molecule has 0 fully saturated rings. The quantitative estimate of drug-likeness (QED) is 0.617. The molecule has 1 aromatic carbocycles. The molecule has 21 heavy (non-hydrogen) atoms. The summed E-state index contributed by atoms with van der Waals surface area (Å²) in [6.07, 6.45) is 0.608. The number of rotatable bonds is 6. The van der Waals surface area contributed by atoms with Crippen LogP contribution in [0.2, 0.25) is 0 Å². The SMILES string of the molecule is CC[C@H](C)[C@H](NC(=O)c1ccc([N+](=O)[O-])c(C)c1)C(=O)O. The molecule has 0 aliphatic rings. The molecule has 1 rings (SSSR count). The van der Waals surface area contributed by atoms with E-state index in [1.165, 1.54) is 25.1 Å². The van der Waals surface area contributed by atoms with Crippen molar-refractivity contribution in [1.29, 1.82) is 0 Å². The zero-order valence-corrected chi connectivity index (χ0v) is 12.1. The van der Waals surface area contributed by atoms with Gasteiger partial charge in [-0.25, -0.2) is 4.79 Å². The number of amides is 1. The van der Waals surface area contributed by atoms with Crippen LogP contribution in [-0.4, -0.2) is 27.9 Å². The van der Waals surface area contributed by atoms with E-state index >= 15 is 0 Å². The molecule has 7 nitrogen and oxygen atoms in total. The van der Waals surface area contributed by atoms with Crippen LogP contribution >= 0.6 is 0 Å². The van der Waals surface area contributed by atoms with Crippen molar-refractivity contribution in [2.45, 2.75) is 33.2 Å². The van der Waals surface area contributed by atoms with Crippen molar-refractivity contribution < 1.29 is 19.6 Å². The minimum absolute atomic E-state index is 0.0803. The monoisotopic (exact) mass is 294 g/mol. The summed E-state index contributed by atoms with van der Waals surface area (Å²) in [5.74, 6) is -1.87. The van der Waals surface area contributed by atoms with E-state index in [9.17, 15) is 19.7 Å². The highest BCUT2D eigenvalue weighted by atomic mass is 16.6. The van der Waals surface area contributed by atoms with E-state index in [4.69, 9.17) is 5.11 Å². The van der Waals surface area contributed by atoms with Crippen molar-refractivity contribution in [3.05, 3.63) is 39.4 Å². The van der Waals surface area contributed by atoms with Crippen molar-refractivity contribution in [2.75, 3.05) is 0 Å². The number of nitrogens with one attached hydrogen (secondary N) is 1. The van der Waals surface area contributed by atoms with E-state index in [1.807, 2.05) is 6.92 Å². The van der Waals surface area contributed by atoms with Crippen LogP contribution in [0.3, 0.4) is 0 Å². The lowest BCUT2D eigenvalue weighted by Crippen LogP contribution is -2.45. The molecule has 1 amide bonds. The minimum atomic E-state index is -1.10. The fourth-order valence-corrected chi connectivity index (χ4v) is 1.91. The summed E-state index contributed by atoms with van der Waals surface area (Å²) in [4.78, 5) is 33.4. The van der Waals surface area contributed by atoms with Gasteiger partial charge in [0.1, 0.15) is 6.04 Å². The summed E-state index contributed by atoms with van der Waals surface area (Å²) in [6.45, 7) is 5.10. The van der Waals surface area contributed by atoms with Gasteiger partial charge >= 0.3 is 5.97 Å². The first kappa shape index (κ1) is 16.6. The first-order chi connectivity index (χ1) is 9.77. The molecule has 0 aromatic heterocycles. The fourth-order valence-electron chi connectivity index (χ4n) is 1.91. The first-order valence-electron chi connectivity index (χ1n) is 6.56. The van der Waals surface area contributed by atoms with Gasteiger partial charge in [-0.2, -0.15) is 0 Å². The van der Waals surface area contributed by atoms with Crippen molar-refractivity contribution in [1.82, 2.24) is 5.32 Å². The summed E-state index contributed by atoms with van der Waals surface area (Å²) in [5.41, 5.74) is 0.471. The molecule has 2 atom stereocenters. The van der Waals surface area contributed by atoms with E-state index in [-0.39, 0.29) is 17.2 Å². The van der Waals surface area contributed by atoms with Gasteiger partial charge in [0.15, 0.2) is 0 Å². The molecule has 0 bridgehead atoms. The van der Waals surface area contributed by atoms with Crippen LogP contribution in [0.15, 0.2) is 18.2 Å². The Balaban J connectivity index is 2.96. The Morgan fingerprint density at radius 2 is 2.05 bits per heavy atom. The number of nitro benzene ring substituents is 1. The van der Waals surface area contributed by atoms with Crippen LogP contribution in [0, 0.1) is 23.0 Å². The van der Waals surface area contributed by atoms with E-state index in [0.29, 0.717) is 12.0 Å². The van der Waals surface area contributed by atoms with E-state index < -0.39 is 22.8 Å². The smallest absolute Gasteiger partial charge is 0.326 e. The normalized spacial score (nSPS) is 13.3. The second kappa shape index (κ2) is 6.83. The van der Waals surface area contributed by atoms with E-state index in [2.05, 4.69) is 5.32 Å². The number of hydrogen-bond donors (Lipinski definition) is 2. The summed E-state index contributed by atoms with van der Waals surface area (Å²) in [7, 11) is 0.